The van der Waals surface area contributed by atoms with E-state index in [-0.39, 0.29) is 5.56 Å². The molecule has 0 radical (unpaired) electrons. The highest BCUT2D eigenvalue weighted by Gasteiger charge is 2.42. The number of aromatic nitrogens is 2. The van der Waals surface area contributed by atoms with E-state index in [4.69, 9.17) is 4.98 Å². The van der Waals surface area contributed by atoms with Crippen LogP contribution in [0.2, 0.25) is 0 Å². The molecule has 0 saturated carbocycles. The van der Waals surface area contributed by atoms with Gasteiger partial charge in [0.2, 0.25) is 0 Å². The Labute approximate surface area is 234 Å². The molecule has 2 aliphatic rings. The molecule has 0 bridgehead atoms. The second-order valence-corrected chi connectivity index (χ2v) is 11.8. The summed E-state index contributed by atoms with van der Waals surface area (Å²) in [6, 6.07) is 38.8. The Balaban J connectivity index is 1.23. The minimum Gasteiger partial charge on any atom is -0.332 e. The number of anilines is 2. The van der Waals surface area contributed by atoms with Crippen LogP contribution in [0.4, 0.5) is 11.4 Å². The van der Waals surface area contributed by atoms with Crippen molar-refractivity contribution in [1.29, 1.82) is 0 Å². The highest BCUT2D eigenvalue weighted by molar-refractivity contribution is 7.23. The van der Waals surface area contributed by atoms with Gasteiger partial charge < -0.3 is 4.90 Å². The van der Waals surface area contributed by atoms with Crippen LogP contribution in [0, 0.1) is 0 Å². The number of para-hydroxylation sites is 1. The van der Waals surface area contributed by atoms with Crippen LogP contribution < -0.4 is 10.5 Å². The summed E-state index contributed by atoms with van der Waals surface area (Å²) in [6.45, 7) is 2.35. The minimum atomic E-state index is -0.0142. The third-order valence-electron chi connectivity index (χ3n) is 8.74. The molecule has 0 fully saturated rings. The lowest BCUT2D eigenvalue weighted by Gasteiger charge is -2.37. The van der Waals surface area contributed by atoms with Crippen molar-refractivity contribution in [2.45, 2.75) is 18.9 Å². The van der Waals surface area contributed by atoms with Gasteiger partial charge in [0.25, 0.3) is 5.56 Å². The third kappa shape index (κ3) is 2.85. The summed E-state index contributed by atoms with van der Waals surface area (Å²) in [7, 11) is 0. The molecule has 0 aliphatic carbocycles. The van der Waals surface area contributed by atoms with Gasteiger partial charge in [-0.05, 0) is 70.3 Å². The van der Waals surface area contributed by atoms with E-state index in [0.29, 0.717) is 12.0 Å². The molecular weight excluding hydrogens is 510 g/mol. The zero-order valence-electron chi connectivity index (χ0n) is 21.7. The number of nitrogens with zero attached hydrogens (tertiary/aromatic N) is 3. The van der Waals surface area contributed by atoms with Crippen LogP contribution in [0.5, 0.6) is 0 Å². The molecule has 2 aliphatic heterocycles. The average Bonchev–Trinajstić information content (AvgIpc) is 3.52. The summed E-state index contributed by atoms with van der Waals surface area (Å²) in [6.07, 6.45) is 0. The fourth-order valence-electron chi connectivity index (χ4n) is 6.92. The van der Waals surface area contributed by atoms with Crippen LogP contribution >= 0.6 is 11.3 Å². The van der Waals surface area contributed by atoms with Crippen LogP contribution in [0.15, 0.2) is 114 Å². The first kappa shape index (κ1) is 22.1. The molecule has 40 heavy (non-hydrogen) atoms. The number of rotatable bonds is 1. The Morgan fingerprint density at radius 3 is 2.40 bits per heavy atom. The van der Waals surface area contributed by atoms with Crippen molar-refractivity contribution >= 4 is 48.8 Å². The summed E-state index contributed by atoms with van der Waals surface area (Å²) >= 11 is 1.55. The molecule has 2 unspecified atom stereocenters. The van der Waals surface area contributed by atoms with Gasteiger partial charge in [0.15, 0.2) is 4.96 Å². The number of hydrogen-bond donors (Lipinski definition) is 0. The van der Waals surface area contributed by atoms with Crippen LogP contribution in [0.25, 0.3) is 48.3 Å². The van der Waals surface area contributed by atoms with E-state index in [1.54, 1.807) is 15.7 Å². The maximum Gasteiger partial charge on any atom is 0.266 e. The Morgan fingerprint density at radius 2 is 1.48 bits per heavy atom. The predicted molar refractivity (Wildman–Crippen MR) is 165 cm³/mol. The van der Waals surface area contributed by atoms with Crippen molar-refractivity contribution in [3.63, 3.8) is 0 Å². The summed E-state index contributed by atoms with van der Waals surface area (Å²) in [5, 5.41) is 0.729. The SMILES string of the molecule is CC1c2ccccc2N2c3ccc(-c4ccc5c(c4)nc4sc6ccccc6c(=O)n45)cc3-c3ccccc3C12. The van der Waals surface area contributed by atoms with Gasteiger partial charge in [0.05, 0.1) is 22.5 Å². The van der Waals surface area contributed by atoms with E-state index in [2.05, 4.69) is 90.7 Å². The fraction of sp³-hybridized carbons (Fsp3) is 0.0857. The normalized spacial score (nSPS) is 17.2. The maximum atomic E-state index is 13.3. The predicted octanol–water partition coefficient (Wildman–Crippen LogP) is 8.71. The first-order chi connectivity index (χ1) is 19.7. The Kier molecular flexibility index (Phi) is 4.37. The highest BCUT2D eigenvalue weighted by Crippen LogP contribution is 2.59. The fourth-order valence-corrected chi connectivity index (χ4v) is 7.94. The Bertz CT molecular complexity index is 2240. The second kappa shape index (κ2) is 7.90. The van der Waals surface area contributed by atoms with Crippen LogP contribution in [-0.2, 0) is 0 Å². The number of imidazole rings is 1. The molecule has 5 aromatic carbocycles. The largest absolute Gasteiger partial charge is 0.332 e. The zero-order chi connectivity index (χ0) is 26.5. The van der Waals surface area contributed by atoms with E-state index in [0.717, 1.165) is 37.2 Å². The lowest BCUT2D eigenvalue weighted by atomic mass is 9.83. The monoisotopic (exact) mass is 533 g/mol. The van der Waals surface area contributed by atoms with Crippen molar-refractivity contribution in [2.24, 2.45) is 0 Å². The van der Waals surface area contributed by atoms with E-state index in [1.807, 2.05) is 30.3 Å². The zero-order valence-corrected chi connectivity index (χ0v) is 22.5. The average molecular weight is 534 g/mol. The standard InChI is InChI=1S/C35H23N3OS/c1-20-23-8-4-6-12-29(23)37-30-16-14-21(18-27(30)24-9-2-3-10-25(24)33(20)37)22-15-17-31-28(19-22)36-35-38(31)34(39)26-11-5-7-13-32(26)40-35/h2-20,33H,1H3. The van der Waals surface area contributed by atoms with E-state index in [9.17, 15) is 4.79 Å². The van der Waals surface area contributed by atoms with Crippen LogP contribution in [0.1, 0.15) is 30.0 Å². The number of hydrogen-bond acceptors (Lipinski definition) is 4. The number of fused-ring (bicyclic) bond motifs is 12. The molecule has 2 atom stereocenters. The molecule has 0 saturated heterocycles. The van der Waals surface area contributed by atoms with Gasteiger partial charge in [-0.15, -0.1) is 0 Å². The lowest BCUT2D eigenvalue weighted by molar-refractivity contribution is 0.624. The first-order valence-corrected chi connectivity index (χ1v) is 14.4. The minimum absolute atomic E-state index is 0.0142. The van der Waals surface area contributed by atoms with Crippen molar-refractivity contribution in [3.05, 3.63) is 131 Å². The smallest absolute Gasteiger partial charge is 0.266 e. The van der Waals surface area contributed by atoms with Gasteiger partial charge in [-0.3, -0.25) is 4.79 Å². The summed E-state index contributed by atoms with van der Waals surface area (Å²) in [5.41, 5.74) is 11.8. The molecule has 2 aromatic heterocycles. The van der Waals surface area contributed by atoms with E-state index >= 15 is 0 Å². The summed E-state index contributed by atoms with van der Waals surface area (Å²) in [4.78, 5) is 21.5. The molecule has 9 rings (SSSR count). The molecule has 4 nitrogen and oxygen atoms in total. The Hall–Kier alpha value is -4.74. The topological polar surface area (TPSA) is 37.6 Å². The van der Waals surface area contributed by atoms with Gasteiger partial charge in [0.1, 0.15) is 0 Å². The summed E-state index contributed by atoms with van der Waals surface area (Å²) < 4.78 is 2.71. The summed E-state index contributed by atoms with van der Waals surface area (Å²) in [5.74, 6) is 0.409. The van der Waals surface area contributed by atoms with Crippen molar-refractivity contribution in [1.82, 2.24) is 9.38 Å². The van der Waals surface area contributed by atoms with Gasteiger partial charge in [0, 0.05) is 27.6 Å². The molecule has 4 heterocycles. The Morgan fingerprint density at radius 1 is 0.725 bits per heavy atom. The van der Waals surface area contributed by atoms with E-state index in [1.165, 1.54) is 33.6 Å². The number of benzene rings is 5. The van der Waals surface area contributed by atoms with Crippen molar-refractivity contribution in [2.75, 3.05) is 4.90 Å². The van der Waals surface area contributed by atoms with Crippen LogP contribution in [-0.4, -0.2) is 9.38 Å². The molecule has 0 spiro atoms. The van der Waals surface area contributed by atoms with Crippen molar-refractivity contribution in [3.8, 4) is 22.3 Å². The lowest BCUT2D eigenvalue weighted by Crippen LogP contribution is -2.25. The molecule has 7 aromatic rings. The van der Waals surface area contributed by atoms with Gasteiger partial charge >= 0.3 is 0 Å². The second-order valence-electron chi connectivity index (χ2n) is 10.8. The van der Waals surface area contributed by atoms with Crippen LogP contribution in [0.3, 0.4) is 0 Å². The van der Waals surface area contributed by atoms with Gasteiger partial charge in [-0.25, -0.2) is 9.38 Å². The highest BCUT2D eigenvalue weighted by atomic mass is 32.1. The van der Waals surface area contributed by atoms with Gasteiger partial charge in [-0.1, -0.05) is 85.0 Å². The molecule has 0 N–H and O–H groups in total. The van der Waals surface area contributed by atoms with E-state index < -0.39 is 0 Å². The van der Waals surface area contributed by atoms with Crippen molar-refractivity contribution < 1.29 is 0 Å². The van der Waals surface area contributed by atoms with Gasteiger partial charge in [-0.2, -0.15) is 0 Å². The molecule has 5 heteroatoms. The first-order valence-electron chi connectivity index (χ1n) is 13.6. The third-order valence-corrected chi connectivity index (χ3v) is 9.78. The molecule has 0 amide bonds. The maximum absolute atomic E-state index is 13.3. The quantitative estimate of drug-likeness (QED) is 0.212. The molecule has 190 valence electrons. The molecular formula is C35H23N3OS.